The minimum absolute atomic E-state index is 0.228. The Labute approximate surface area is 108 Å². The SMILES string of the molecule is CC1(C)CC(Nc2ccc3c(c2)OCCO3)CN1. The van der Waals surface area contributed by atoms with Gasteiger partial charge in [-0.25, -0.2) is 0 Å². The van der Waals surface area contributed by atoms with Crippen LogP contribution in [0.1, 0.15) is 20.3 Å². The van der Waals surface area contributed by atoms with E-state index in [0.717, 1.165) is 30.2 Å². The molecule has 0 bridgehead atoms. The predicted octanol–water partition coefficient (Wildman–Crippen LogP) is 2.01. The zero-order valence-electron chi connectivity index (χ0n) is 11.0. The Bertz CT molecular complexity index is 445. The Morgan fingerprint density at radius 1 is 1.22 bits per heavy atom. The largest absolute Gasteiger partial charge is 0.486 e. The van der Waals surface area contributed by atoms with Gasteiger partial charge in [0.1, 0.15) is 13.2 Å². The summed E-state index contributed by atoms with van der Waals surface area (Å²) in [6.45, 7) is 6.74. The molecule has 2 heterocycles. The Morgan fingerprint density at radius 3 is 2.72 bits per heavy atom. The van der Waals surface area contributed by atoms with Crippen molar-refractivity contribution in [2.75, 3.05) is 25.1 Å². The van der Waals surface area contributed by atoms with Crippen LogP contribution in [0.2, 0.25) is 0 Å². The first kappa shape index (κ1) is 11.7. The molecule has 1 saturated heterocycles. The molecule has 1 aromatic rings. The van der Waals surface area contributed by atoms with Gasteiger partial charge in [0.15, 0.2) is 11.5 Å². The van der Waals surface area contributed by atoms with Gasteiger partial charge >= 0.3 is 0 Å². The Kier molecular flexibility index (Phi) is 2.82. The van der Waals surface area contributed by atoms with Gasteiger partial charge in [-0.1, -0.05) is 0 Å². The molecular formula is C14H20N2O2. The van der Waals surface area contributed by atoms with Crippen molar-refractivity contribution in [2.45, 2.75) is 31.8 Å². The average molecular weight is 248 g/mol. The molecular weight excluding hydrogens is 228 g/mol. The van der Waals surface area contributed by atoms with E-state index in [0.29, 0.717) is 19.3 Å². The Morgan fingerprint density at radius 2 is 2.00 bits per heavy atom. The van der Waals surface area contributed by atoms with E-state index >= 15 is 0 Å². The number of benzene rings is 1. The summed E-state index contributed by atoms with van der Waals surface area (Å²) in [7, 11) is 0. The Balaban J connectivity index is 1.70. The second-order valence-corrected chi connectivity index (χ2v) is 5.67. The molecule has 0 saturated carbocycles. The number of hydrogen-bond acceptors (Lipinski definition) is 4. The molecule has 1 unspecified atom stereocenters. The van der Waals surface area contributed by atoms with Crippen LogP contribution in [0.4, 0.5) is 5.69 Å². The monoisotopic (exact) mass is 248 g/mol. The maximum Gasteiger partial charge on any atom is 0.163 e. The topological polar surface area (TPSA) is 42.5 Å². The van der Waals surface area contributed by atoms with Gasteiger partial charge in [0.05, 0.1) is 0 Å². The van der Waals surface area contributed by atoms with Crippen molar-refractivity contribution < 1.29 is 9.47 Å². The van der Waals surface area contributed by atoms with Crippen LogP contribution in [-0.4, -0.2) is 31.3 Å². The highest BCUT2D eigenvalue weighted by Crippen LogP contribution is 2.33. The summed E-state index contributed by atoms with van der Waals surface area (Å²) in [5.74, 6) is 1.69. The van der Waals surface area contributed by atoms with E-state index in [4.69, 9.17) is 9.47 Å². The van der Waals surface area contributed by atoms with Gasteiger partial charge in [0, 0.05) is 29.9 Å². The highest BCUT2D eigenvalue weighted by molar-refractivity contribution is 5.55. The molecule has 18 heavy (non-hydrogen) atoms. The zero-order chi connectivity index (χ0) is 12.6. The van der Waals surface area contributed by atoms with Crippen LogP contribution in [0.25, 0.3) is 0 Å². The predicted molar refractivity (Wildman–Crippen MR) is 71.5 cm³/mol. The van der Waals surface area contributed by atoms with Crippen molar-refractivity contribution >= 4 is 5.69 Å². The fourth-order valence-electron chi connectivity index (χ4n) is 2.63. The van der Waals surface area contributed by atoms with Crippen LogP contribution in [0.5, 0.6) is 11.5 Å². The lowest BCUT2D eigenvalue weighted by atomic mass is 10.0. The van der Waals surface area contributed by atoms with Gasteiger partial charge in [0.25, 0.3) is 0 Å². The van der Waals surface area contributed by atoms with Crippen LogP contribution >= 0.6 is 0 Å². The third-order valence-electron chi connectivity index (χ3n) is 3.50. The molecule has 1 fully saturated rings. The van der Waals surface area contributed by atoms with Crippen molar-refractivity contribution in [3.05, 3.63) is 18.2 Å². The van der Waals surface area contributed by atoms with Gasteiger partial charge in [-0.3, -0.25) is 0 Å². The lowest BCUT2D eigenvalue weighted by Crippen LogP contribution is -2.31. The molecule has 0 spiro atoms. The van der Waals surface area contributed by atoms with E-state index in [2.05, 4.69) is 30.5 Å². The summed E-state index contributed by atoms with van der Waals surface area (Å²) in [5.41, 5.74) is 1.33. The highest BCUT2D eigenvalue weighted by atomic mass is 16.6. The van der Waals surface area contributed by atoms with E-state index in [-0.39, 0.29) is 5.54 Å². The van der Waals surface area contributed by atoms with Gasteiger partial charge in [-0.15, -0.1) is 0 Å². The van der Waals surface area contributed by atoms with Crippen molar-refractivity contribution in [1.82, 2.24) is 5.32 Å². The number of hydrogen-bond donors (Lipinski definition) is 2. The average Bonchev–Trinajstić information content (AvgIpc) is 2.68. The summed E-state index contributed by atoms with van der Waals surface area (Å²) in [4.78, 5) is 0. The van der Waals surface area contributed by atoms with Crippen molar-refractivity contribution in [1.29, 1.82) is 0 Å². The summed E-state index contributed by atoms with van der Waals surface area (Å²) in [6.07, 6.45) is 1.13. The molecule has 4 nitrogen and oxygen atoms in total. The number of nitrogens with one attached hydrogen (secondary N) is 2. The molecule has 2 aliphatic rings. The van der Waals surface area contributed by atoms with Crippen LogP contribution in [0.15, 0.2) is 18.2 Å². The van der Waals surface area contributed by atoms with Crippen molar-refractivity contribution in [3.8, 4) is 11.5 Å². The molecule has 0 aliphatic carbocycles. The fourth-order valence-corrected chi connectivity index (χ4v) is 2.63. The second kappa shape index (κ2) is 4.35. The van der Waals surface area contributed by atoms with Gasteiger partial charge in [0.2, 0.25) is 0 Å². The minimum Gasteiger partial charge on any atom is -0.486 e. The summed E-state index contributed by atoms with van der Waals surface area (Å²) in [5, 5.41) is 7.06. The van der Waals surface area contributed by atoms with Crippen LogP contribution in [0, 0.1) is 0 Å². The van der Waals surface area contributed by atoms with Crippen LogP contribution < -0.4 is 20.1 Å². The number of fused-ring (bicyclic) bond motifs is 1. The van der Waals surface area contributed by atoms with Gasteiger partial charge < -0.3 is 20.1 Å². The third-order valence-corrected chi connectivity index (χ3v) is 3.50. The zero-order valence-corrected chi connectivity index (χ0v) is 11.0. The third kappa shape index (κ3) is 2.38. The summed E-state index contributed by atoms with van der Waals surface area (Å²) >= 11 is 0. The smallest absolute Gasteiger partial charge is 0.163 e. The molecule has 0 radical (unpaired) electrons. The molecule has 1 atom stereocenters. The number of anilines is 1. The molecule has 0 aromatic heterocycles. The summed E-state index contributed by atoms with van der Waals surface area (Å²) < 4.78 is 11.1. The Hall–Kier alpha value is -1.42. The lowest BCUT2D eigenvalue weighted by Gasteiger charge is -2.21. The molecule has 3 rings (SSSR count). The standard InChI is InChI=1S/C14H20N2O2/c1-14(2)8-11(9-15-14)16-10-3-4-12-13(7-10)18-6-5-17-12/h3-4,7,11,15-16H,5-6,8-9H2,1-2H3. The van der Waals surface area contributed by atoms with E-state index in [1.54, 1.807) is 0 Å². The summed E-state index contributed by atoms with van der Waals surface area (Å²) in [6, 6.07) is 6.53. The molecule has 4 heteroatoms. The van der Waals surface area contributed by atoms with Crippen LogP contribution in [-0.2, 0) is 0 Å². The first-order valence-electron chi connectivity index (χ1n) is 6.54. The maximum atomic E-state index is 5.59. The molecule has 1 aromatic carbocycles. The van der Waals surface area contributed by atoms with E-state index in [1.807, 2.05) is 12.1 Å². The molecule has 2 N–H and O–H groups in total. The first-order chi connectivity index (χ1) is 8.62. The molecule has 2 aliphatic heterocycles. The van der Waals surface area contributed by atoms with E-state index < -0.39 is 0 Å². The van der Waals surface area contributed by atoms with E-state index in [9.17, 15) is 0 Å². The minimum atomic E-state index is 0.228. The van der Waals surface area contributed by atoms with Gasteiger partial charge in [-0.05, 0) is 32.4 Å². The first-order valence-corrected chi connectivity index (χ1v) is 6.54. The van der Waals surface area contributed by atoms with Crippen LogP contribution in [0.3, 0.4) is 0 Å². The number of rotatable bonds is 2. The van der Waals surface area contributed by atoms with Crippen molar-refractivity contribution in [2.24, 2.45) is 0 Å². The normalized spacial score (nSPS) is 24.9. The lowest BCUT2D eigenvalue weighted by molar-refractivity contribution is 0.171. The maximum absolute atomic E-state index is 5.59. The number of ether oxygens (including phenoxy) is 2. The quantitative estimate of drug-likeness (QED) is 0.840. The fraction of sp³-hybridized carbons (Fsp3) is 0.571. The van der Waals surface area contributed by atoms with Gasteiger partial charge in [-0.2, -0.15) is 0 Å². The highest BCUT2D eigenvalue weighted by Gasteiger charge is 2.30. The molecule has 98 valence electrons. The van der Waals surface area contributed by atoms with E-state index in [1.165, 1.54) is 0 Å². The molecule has 0 amide bonds. The van der Waals surface area contributed by atoms with Crippen molar-refractivity contribution in [3.63, 3.8) is 0 Å². The second-order valence-electron chi connectivity index (χ2n) is 5.67.